The van der Waals surface area contributed by atoms with Gasteiger partial charge in [-0.2, -0.15) is 0 Å². The van der Waals surface area contributed by atoms with Crippen molar-refractivity contribution in [1.29, 1.82) is 0 Å². The lowest BCUT2D eigenvalue weighted by molar-refractivity contribution is -0.117. The van der Waals surface area contributed by atoms with Crippen LogP contribution in [0.25, 0.3) is 6.08 Å². The second kappa shape index (κ2) is 10.1. The molecule has 1 unspecified atom stereocenters. The molecule has 1 saturated heterocycles. The number of anilines is 1. The summed E-state index contributed by atoms with van der Waals surface area (Å²) >= 11 is 0. The number of amides is 2. The Morgan fingerprint density at radius 2 is 1.87 bits per heavy atom. The normalized spacial score (nSPS) is 15.1. The number of rotatable bonds is 8. The SMILES string of the molecule is COc1ccc(C(CNC(=O)/C=C/c2ccc(N3CCCC3=O)cc2)N(C)C)cc1. The smallest absolute Gasteiger partial charge is 0.244 e. The summed E-state index contributed by atoms with van der Waals surface area (Å²) in [6.07, 6.45) is 4.84. The van der Waals surface area contributed by atoms with Crippen molar-refractivity contribution in [3.8, 4) is 5.75 Å². The van der Waals surface area contributed by atoms with E-state index in [0.717, 1.165) is 35.5 Å². The zero-order valence-electron chi connectivity index (χ0n) is 17.8. The van der Waals surface area contributed by atoms with Crippen LogP contribution in [0.2, 0.25) is 0 Å². The van der Waals surface area contributed by atoms with Crippen molar-refractivity contribution in [1.82, 2.24) is 10.2 Å². The lowest BCUT2D eigenvalue weighted by atomic mass is 10.1. The lowest BCUT2D eigenvalue weighted by Gasteiger charge is -2.25. The summed E-state index contributed by atoms with van der Waals surface area (Å²) in [5.74, 6) is 0.836. The molecule has 30 heavy (non-hydrogen) atoms. The number of ether oxygens (including phenoxy) is 1. The number of benzene rings is 2. The molecule has 0 saturated carbocycles. The highest BCUT2D eigenvalue weighted by Gasteiger charge is 2.21. The first-order valence-corrected chi connectivity index (χ1v) is 10.1. The van der Waals surface area contributed by atoms with E-state index in [-0.39, 0.29) is 17.9 Å². The number of likely N-dealkylation sites (N-methyl/N-ethyl adjacent to an activating group) is 1. The number of hydrogen-bond donors (Lipinski definition) is 1. The zero-order valence-corrected chi connectivity index (χ0v) is 17.8. The minimum absolute atomic E-state index is 0.0607. The molecule has 1 heterocycles. The summed E-state index contributed by atoms with van der Waals surface area (Å²) in [6, 6.07) is 15.6. The Hall–Kier alpha value is -3.12. The first kappa shape index (κ1) is 21.6. The van der Waals surface area contributed by atoms with Gasteiger partial charge in [0.15, 0.2) is 0 Å². The van der Waals surface area contributed by atoms with Crippen LogP contribution >= 0.6 is 0 Å². The summed E-state index contributed by atoms with van der Waals surface area (Å²) in [4.78, 5) is 28.0. The van der Waals surface area contributed by atoms with E-state index in [2.05, 4.69) is 10.2 Å². The summed E-state index contributed by atoms with van der Waals surface area (Å²) in [5, 5.41) is 2.97. The second-order valence-corrected chi connectivity index (χ2v) is 7.57. The van der Waals surface area contributed by atoms with Crippen LogP contribution in [0.1, 0.15) is 30.0 Å². The molecule has 1 aliphatic heterocycles. The third-order valence-electron chi connectivity index (χ3n) is 5.30. The van der Waals surface area contributed by atoms with Crippen molar-refractivity contribution >= 4 is 23.6 Å². The fourth-order valence-electron chi connectivity index (χ4n) is 3.54. The maximum Gasteiger partial charge on any atom is 0.244 e. The highest BCUT2D eigenvalue weighted by molar-refractivity contribution is 5.95. The fourth-order valence-corrected chi connectivity index (χ4v) is 3.54. The van der Waals surface area contributed by atoms with E-state index in [9.17, 15) is 9.59 Å². The molecule has 0 spiro atoms. The van der Waals surface area contributed by atoms with E-state index in [4.69, 9.17) is 4.74 Å². The molecule has 2 aromatic carbocycles. The molecule has 1 aliphatic rings. The molecule has 1 N–H and O–H groups in total. The van der Waals surface area contributed by atoms with Crippen LogP contribution in [-0.2, 0) is 9.59 Å². The van der Waals surface area contributed by atoms with Crippen molar-refractivity contribution in [3.05, 3.63) is 65.7 Å². The summed E-state index contributed by atoms with van der Waals surface area (Å²) in [5.41, 5.74) is 2.93. The average Bonchev–Trinajstić information content (AvgIpc) is 3.19. The van der Waals surface area contributed by atoms with Crippen molar-refractivity contribution in [3.63, 3.8) is 0 Å². The molecule has 0 aromatic heterocycles. The van der Waals surface area contributed by atoms with Gasteiger partial charge in [-0.1, -0.05) is 24.3 Å². The van der Waals surface area contributed by atoms with Gasteiger partial charge in [0, 0.05) is 31.3 Å². The Morgan fingerprint density at radius 1 is 1.17 bits per heavy atom. The number of hydrogen-bond acceptors (Lipinski definition) is 4. The van der Waals surface area contributed by atoms with Gasteiger partial charge in [0.2, 0.25) is 11.8 Å². The Bertz CT molecular complexity index is 889. The van der Waals surface area contributed by atoms with Gasteiger partial charge >= 0.3 is 0 Å². The Morgan fingerprint density at radius 3 is 2.43 bits per heavy atom. The van der Waals surface area contributed by atoms with Gasteiger partial charge in [0.05, 0.1) is 13.2 Å². The van der Waals surface area contributed by atoms with Crippen LogP contribution in [0.4, 0.5) is 5.69 Å². The van der Waals surface area contributed by atoms with Gasteiger partial charge in [-0.05, 0) is 62.0 Å². The van der Waals surface area contributed by atoms with Crippen LogP contribution in [-0.4, -0.2) is 51.0 Å². The van der Waals surface area contributed by atoms with E-state index in [1.165, 1.54) is 6.08 Å². The molecule has 0 radical (unpaired) electrons. The topological polar surface area (TPSA) is 61.9 Å². The summed E-state index contributed by atoms with van der Waals surface area (Å²) in [6.45, 7) is 1.27. The molecule has 6 nitrogen and oxygen atoms in total. The van der Waals surface area contributed by atoms with Gasteiger partial charge in [0.1, 0.15) is 5.75 Å². The van der Waals surface area contributed by atoms with Gasteiger partial charge in [0.25, 0.3) is 0 Å². The van der Waals surface area contributed by atoms with Crippen molar-refractivity contribution in [2.24, 2.45) is 0 Å². The van der Waals surface area contributed by atoms with Gasteiger partial charge in [-0.3, -0.25) is 9.59 Å². The lowest BCUT2D eigenvalue weighted by Crippen LogP contribution is -2.33. The Labute approximate surface area is 178 Å². The summed E-state index contributed by atoms with van der Waals surface area (Å²) < 4.78 is 5.21. The molecule has 1 atom stereocenters. The van der Waals surface area contributed by atoms with Crippen molar-refractivity contribution in [2.75, 3.05) is 39.2 Å². The molecule has 158 valence electrons. The highest BCUT2D eigenvalue weighted by atomic mass is 16.5. The van der Waals surface area contributed by atoms with Crippen LogP contribution < -0.4 is 15.0 Å². The predicted octanol–water partition coefficient (Wildman–Crippen LogP) is 3.25. The average molecular weight is 408 g/mol. The molecule has 0 aliphatic carbocycles. The third kappa shape index (κ3) is 5.48. The molecule has 0 bridgehead atoms. The predicted molar refractivity (Wildman–Crippen MR) is 119 cm³/mol. The minimum Gasteiger partial charge on any atom is -0.497 e. The molecule has 6 heteroatoms. The van der Waals surface area contributed by atoms with Gasteiger partial charge in [-0.15, -0.1) is 0 Å². The Kier molecular flexibility index (Phi) is 7.25. The number of carbonyl (C=O) groups is 2. The zero-order chi connectivity index (χ0) is 21.5. The number of nitrogens with zero attached hydrogens (tertiary/aromatic N) is 2. The molecular formula is C24H29N3O3. The van der Waals surface area contributed by atoms with Crippen molar-refractivity contribution in [2.45, 2.75) is 18.9 Å². The maximum absolute atomic E-state index is 12.3. The maximum atomic E-state index is 12.3. The second-order valence-electron chi connectivity index (χ2n) is 7.57. The molecular weight excluding hydrogens is 378 g/mol. The Balaban J connectivity index is 1.55. The van der Waals surface area contributed by atoms with E-state index in [1.54, 1.807) is 18.1 Å². The van der Waals surface area contributed by atoms with E-state index >= 15 is 0 Å². The van der Waals surface area contributed by atoms with Gasteiger partial charge in [-0.25, -0.2) is 0 Å². The number of carbonyl (C=O) groups excluding carboxylic acids is 2. The van der Waals surface area contributed by atoms with Crippen LogP contribution in [0.3, 0.4) is 0 Å². The first-order chi connectivity index (χ1) is 14.5. The number of methoxy groups -OCH3 is 1. The molecule has 2 amide bonds. The molecule has 3 rings (SSSR count). The standard InChI is InChI=1S/C24H29N3O3/c1-26(2)22(19-9-13-21(30-3)14-10-19)17-25-23(28)15-8-18-6-11-20(12-7-18)27-16-4-5-24(27)29/h6-15,22H,4-5,16-17H2,1-3H3,(H,25,28)/b15-8+. The molecule has 1 fully saturated rings. The quantitative estimate of drug-likeness (QED) is 0.683. The largest absolute Gasteiger partial charge is 0.497 e. The highest BCUT2D eigenvalue weighted by Crippen LogP contribution is 2.22. The van der Waals surface area contributed by atoms with Crippen molar-refractivity contribution < 1.29 is 14.3 Å². The monoisotopic (exact) mass is 407 g/mol. The van der Waals surface area contributed by atoms with E-state index in [0.29, 0.717) is 13.0 Å². The van der Waals surface area contributed by atoms with Crippen LogP contribution in [0.5, 0.6) is 5.75 Å². The van der Waals surface area contributed by atoms with Gasteiger partial charge < -0.3 is 19.9 Å². The molecule has 2 aromatic rings. The number of nitrogens with one attached hydrogen (secondary N) is 1. The third-order valence-corrected chi connectivity index (χ3v) is 5.30. The van der Waals surface area contributed by atoms with Crippen LogP contribution in [0.15, 0.2) is 54.6 Å². The fraction of sp³-hybridized carbons (Fsp3) is 0.333. The van der Waals surface area contributed by atoms with E-state index in [1.807, 2.05) is 62.6 Å². The first-order valence-electron chi connectivity index (χ1n) is 10.1. The van der Waals surface area contributed by atoms with Crippen LogP contribution in [0, 0.1) is 0 Å². The van der Waals surface area contributed by atoms with E-state index < -0.39 is 0 Å². The minimum atomic E-state index is -0.144. The summed E-state index contributed by atoms with van der Waals surface area (Å²) in [7, 11) is 5.62.